The van der Waals surface area contributed by atoms with Gasteiger partial charge in [-0.2, -0.15) is 0 Å². The quantitative estimate of drug-likeness (QED) is 0.0222. The van der Waals surface area contributed by atoms with E-state index in [2.05, 4.69) is 55.4 Å². The molecular formula is C81H158O17P2. The number of ether oxygens (including phenoxy) is 4. The van der Waals surface area contributed by atoms with Gasteiger partial charge in [-0.05, 0) is 49.4 Å². The fourth-order valence-electron chi connectivity index (χ4n) is 12.4. The Hall–Kier alpha value is -1.94. The topological polar surface area (TPSA) is 237 Å². The van der Waals surface area contributed by atoms with E-state index in [1.54, 1.807) is 0 Å². The van der Waals surface area contributed by atoms with Crippen LogP contribution in [0.2, 0.25) is 0 Å². The van der Waals surface area contributed by atoms with Crippen molar-refractivity contribution >= 4 is 39.5 Å². The molecule has 0 aliphatic heterocycles. The summed E-state index contributed by atoms with van der Waals surface area (Å²) in [5, 5.41) is 10.6. The number of aliphatic hydroxyl groups excluding tert-OH is 1. The summed E-state index contributed by atoms with van der Waals surface area (Å²) in [5.41, 5.74) is 0. The maximum absolute atomic E-state index is 13.1. The third-order valence-electron chi connectivity index (χ3n) is 19.2. The molecule has 0 spiro atoms. The van der Waals surface area contributed by atoms with E-state index in [1.165, 1.54) is 212 Å². The molecule has 0 amide bonds. The number of unbranched alkanes of at least 4 members (excludes halogenated alkanes) is 43. The minimum atomic E-state index is -4.96. The molecule has 0 saturated heterocycles. The molecule has 0 aromatic carbocycles. The third-order valence-corrected chi connectivity index (χ3v) is 21.1. The molecule has 0 aliphatic carbocycles. The first-order valence-corrected chi connectivity index (χ1v) is 44.7. The lowest BCUT2D eigenvalue weighted by Gasteiger charge is -2.21. The zero-order chi connectivity index (χ0) is 73.8. The van der Waals surface area contributed by atoms with Crippen molar-refractivity contribution < 1.29 is 80.2 Å². The Morgan fingerprint density at radius 2 is 0.480 bits per heavy atom. The van der Waals surface area contributed by atoms with Crippen LogP contribution in [0.15, 0.2) is 0 Å². The Balaban J connectivity index is 5.20. The number of aliphatic hydroxyl groups is 1. The zero-order valence-corrected chi connectivity index (χ0v) is 67.6. The SMILES string of the molecule is CCC(C)CCCCCCCCCCC(=O)OC[C@H](COP(=O)(O)OCC(O)COP(=O)(O)OC[C@@H](COC(=O)CCCCCCCCCC(C)C)OC(=O)CCCCCCCCCCCCCCCCCCCCC(C)C)OC(=O)CCCCCCCCCCCCCCCCC(C)C. The lowest BCUT2D eigenvalue weighted by Crippen LogP contribution is -2.30. The molecule has 594 valence electrons. The van der Waals surface area contributed by atoms with E-state index in [-0.39, 0.29) is 25.7 Å². The van der Waals surface area contributed by atoms with Crippen LogP contribution in [0, 0.1) is 23.7 Å². The monoisotopic (exact) mass is 1470 g/mol. The van der Waals surface area contributed by atoms with Gasteiger partial charge in [-0.1, -0.05) is 364 Å². The van der Waals surface area contributed by atoms with Gasteiger partial charge in [-0.25, -0.2) is 9.13 Å². The first-order valence-electron chi connectivity index (χ1n) is 41.7. The normalized spacial score (nSPS) is 14.3. The van der Waals surface area contributed by atoms with Gasteiger partial charge in [0, 0.05) is 25.7 Å². The maximum atomic E-state index is 13.1. The van der Waals surface area contributed by atoms with Gasteiger partial charge in [0.05, 0.1) is 26.4 Å². The number of carbonyl (C=O) groups is 4. The number of hydrogen-bond donors (Lipinski definition) is 3. The van der Waals surface area contributed by atoms with Gasteiger partial charge in [-0.3, -0.25) is 37.3 Å². The van der Waals surface area contributed by atoms with Crippen molar-refractivity contribution in [3.05, 3.63) is 0 Å². The Labute approximate surface area is 613 Å². The summed E-state index contributed by atoms with van der Waals surface area (Å²) in [5.74, 6) is 0.982. The molecule has 0 rings (SSSR count). The van der Waals surface area contributed by atoms with Gasteiger partial charge in [0.1, 0.15) is 19.3 Å². The smallest absolute Gasteiger partial charge is 0.462 e. The van der Waals surface area contributed by atoms with Gasteiger partial charge in [-0.15, -0.1) is 0 Å². The second-order valence-corrected chi connectivity index (χ2v) is 33.7. The van der Waals surface area contributed by atoms with E-state index in [0.717, 1.165) is 114 Å². The zero-order valence-electron chi connectivity index (χ0n) is 65.8. The highest BCUT2D eigenvalue weighted by Crippen LogP contribution is 2.45. The van der Waals surface area contributed by atoms with Crippen molar-refractivity contribution in [3.8, 4) is 0 Å². The van der Waals surface area contributed by atoms with Crippen molar-refractivity contribution in [2.75, 3.05) is 39.6 Å². The predicted molar refractivity (Wildman–Crippen MR) is 409 cm³/mol. The predicted octanol–water partition coefficient (Wildman–Crippen LogP) is 24.0. The van der Waals surface area contributed by atoms with Crippen molar-refractivity contribution in [1.29, 1.82) is 0 Å². The van der Waals surface area contributed by atoms with E-state index in [0.29, 0.717) is 31.6 Å². The molecule has 19 heteroatoms. The number of rotatable bonds is 78. The standard InChI is InChI=1S/C81H158O17P2/c1-9-74(8)60-52-44-36-30-31-37-45-53-61-78(83)91-67-76(97-80(85)64-56-48-39-29-25-21-17-16-19-23-27-34-42-50-58-72(4)5)69-95-99(87,88)93-65-75(82)66-94-100(89,90)96-70-77(68-92-79(84)62-54-46-40-32-35-43-51-59-73(6)7)98-81(86)63-55-47-38-28-24-20-15-13-11-10-12-14-18-22-26-33-41-49-57-71(2)3/h71-77,82H,9-70H2,1-8H3,(H,87,88)(H,89,90)/t74?,75?,76-,77-/m1/s1. The van der Waals surface area contributed by atoms with Gasteiger partial charge in [0.2, 0.25) is 0 Å². The maximum Gasteiger partial charge on any atom is 0.472 e. The summed E-state index contributed by atoms with van der Waals surface area (Å²) < 4.78 is 68.7. The molecule has 17 nitrogen and oxygen atoms in total. The summed E-state index contributed by atoms with van der Waals surface area (Å²) in [6.07, 6.45) is 57.0. The molecule has 0 aliphatic rings. The highest BCUT2D eigenvalue weighted by molar-refractivity contribution is 7.47. The number of carbonyl (C=O) groups excluding carboxylic acids is 4. The molecule has 0 radical (unpaired) electrons. The molecule has 0 fully saturated rings. The van der Waals surface area contributed by atoms with Gasteiger partial charge < -0.3 is 33.8 Å². The minimum absolute atomic E-state index is 0.107. The van der Waals surface area contributed by atoms with E-state index < -0.39 is 97.5 Å². The second kappa shape index (κ2) is 70.1. The van der Waals surface area contributed by atoms with Crippen molar-refractivity contribution in [2.24, 2.45) is 23.7 Å². The van der Waals surface area contributed by atoms with Crippen LogP contribution in [0.5, 0.6) is 0 Å². The molecule has 0 aromatic heterocycles. The molecular weight excluding hydrogens is 1310 g/mol. The van der Waals surface area contributed by atoms with Crippen molar-refractivity contribution in [1.82, 2.24) is 0 Å². The molecule has 6 atom stereocenters. The molecule has 0 heterocycles. The van der Waals surface area contributed by atoms with Crippen LogP contribution in [0.25, 0.3) is 0 Å². The van der Waals surface area contributed by atoms with Crippen molar-refractivity contribution in [3.63, 3.8) is 0 Å². The highest BCUT2D eigenvalue weighted by atomic mass is 31.2. The fourth-order valence-corrected chi connectivity index (χ4v) is 14.0. The molecule has 4 unspecified atom stereocenters. The lowest BCUT2D eigenvalue weighted by molar-refractivity contribution is -0.161. The molecule has 3 N–H and O–H groups in total. The number of phosphoric ester groups is 2. The fraction of sp³-hybridized carbons (Fsp3) is 0.951. The lowest BCUT2D eigenvalue weighted by atomic mass is 9.99. The van der Waals surface area contributed by atoms with Gasteiger partial charge in [0.25, 0.3) is 0 Å². The summed E-state index contributed by atoms with van der Waals surface area (Å²) in [7, 11) is -9.92. The number of phosphoric acid groups is 2. The van der Waals surface area contributed by atoms with Crippen LogP contribution in [0.4, 0.5) is 0 Å². The van der Waals surface area contributed by atoms with Crippen LogP contribution in [0.1, 0.15) is 415 Å². The van der Waals surface area contributed by atoms with E-state index in [1.807, 2.05) is 0 Å². The Kier molecular flexibility index (Phi) is 68.7. The Morgan fingerprint density at radius 3 is 0.710 bits per heavy atom. The first-order chi connectivity index (χ1) is 48.1. The second-order valence-electron chi connectivity index (χ2n) is 30.8. The molecule has 0 aromatic rings. The molecule has 100 heavy (non-hydrogen) atoms. The number of esters is 4. The highest BCUT2D eigenvalue weighted by Gasteiger charge is 2.30. The van der Waals surface area contributed by atoms with Crippen LogP contribution in [-0.2, 0) is 65.4 Å². The van der Waals surface area contributed by atoms with Gasteiger partial charge in [0.15, 0.2) is 12.2 Å². The summed E-state index contributed by atoms with van der Waals surface area (Å²) in [6.45, 7) is 14.2. The molecule has 0 bridgehead atoms. The van der Waals surface area contributed by atoms with Crippen LogP contribution < -0.4 is 0 Å². The average Bonchev–Trinajstić information content (AvgIpc) is 0.938. The summed E-state index contributed by atoms with van der Waals surface area (Å²) in [4.78, 5) is 73.0. The summed E-state index contributed by atoms with van der Waals surface area (Å²) >= 11 is 0. The minimum Gasteiger partial charge on any atom is -0.462 e. The number of hydrogen-bond acceptors (Lipinski definition) is 15. The Bertz CT molecular complexity index is 1960. The van der Waals surface area contributed by atoms with Crippen LogP contribution in [0.3, 0.4) is 0 Å². The van der Waals surface area contributed by atoms with Crippen LogP contribution in [-0.4, -0.2) is 96.7 Å². The van der Waals surface area contributed by atoms with E-state index in [9.17, 15) is 43.2 Å². The largest absolute Gasteiger partial charge is 0.472 e. The first kappa shape index (κ1) is 98.1. The van der Waals surface area contributed by atoms with E-state index >= 15 is 0 Å². The van der Waals surface area contributed by atoms with Crippen LogP contribution >= 0.6 is 15.6 Å². The Morgan fingerprint density at radius 1 is 0.280 bits per heavy atom. The van der Waals surface area contributed by atoms with E-state index in [4.69, 9.17) is 37.0 Å². The third kappa shape index (κ3) is 73.0. The van der Waals surface area contributed by atoms with Crippen molar-refractivity contribution in [2.45, 2.75) is 433 Å². The summed E-state index contributed by atoms with van der Waals surface area (Å²) in [6, 6.07) is 0. The van der Waals surface area contributed by atoms with Gasteiger partial charge >= 0.3 is 39.5 Å². The average molecular weight is 1470 g/mol. The molecule has 0 saturated carbocycles.